The minimum atomic E-state index is -0.473. The summed E-state index contributed by atoms with van der Waals surface area (Å²) in [7, 11) is 0. The van der Waals surface area contributed by atoms with Gasteiger partial charge >= 0.3 is 0 Å². The quantitative estimate of drug-likeness (QED) is 0.595. The summed E-state index contributed by atoms with van der Waals surface area (Å²) in [6.07, 6.45) is 6.85. The summed E-state index contributed by atoms with van der Waals surface area (Å²) in [5.41, 5.74) is 3.75. The van der Waals surface area contributed by atoms with E-state index in [1.54, 1.807) is 6.07 Å². The number of ether oxygens (including phenoxy) is 2. The van der Waals surface area contributed by atoms with Gasteiger partial charge in [-0.15, -0.1) is 0 Å². The third-order valence-corrected chi connectivity index (χ3v) is 7.48. The third-order valence-electron chi connectivity index (χ3n) is 7.48. The molecule has 1 unspecified atom stereocenters. The van der Waals surface area contributed by atoms with E-state index in [1.165, 1.54) is 19.3 Å². The molecule has 1 saturated heterocycles. The molecule has 0 N–H and O–H groups in total. The van der Waals surface area contributed by atoms with Crippen LogP contribution in [0.2, 0.25) is 0 Å². The van der Waals surface area contributed by atoms with E-state index in [1.807, 2.05) is 24.3 Å². The van der Waals surface area contributed by atoms with Crippen LogP contribution in [0, 0.1) is 5.82 Å². The van der Waals surface area contributed by atoms with Gasteiger partial charge in [0.15, 0.2) is 0 Å². The summed E-state index contributed by atoms with van der Waals surface area (Å²) in [4.78, 5) is 2.61. The lowest BCUT2D eigenvalue weighted by atomic mass is 9.89. The first kappa shape index (κ1) is 20.0. The number of piperidine rings is 1. The number of nitrogens with zero attached hydrogens (tertiary/aromatic N) is 1. The van der Waals surface area contributed by atoms with E-state index in [0.717, 1.165) is 66.4 Å². The molecular formula is C26H32FNO2. The molecule has 0 aromatic heterocycles. The third kappa shape index (κ3) is 3.65. The van der Waals surface area contributed by atoms with Gasteiger partial charge in [0.2, 0.25) is 5.79 Å². The number of likely N-dealkylation sites (tertiary alicyclic amines) is 1. The Morgan fingerprint density at radius 1 is 1.10 bits per heavy atom. The highest BCUT2D eigenvalue weighted by molar-refractivity contribution is 5.66. The molecule has 30 heavy (non-hydrogen) atoms. The van der Waals surface area contributed by atoms with E-state index < -0.39 is 5.79 Å². The molecule has 0 radical (unpaired) electrons. The fraction of sp³-hybridized carbons (Fsp3) is 0.538. The maximum absolute atomic E-state index is 14.6. The standard InChI is InChI=1S/C26H32FNO2/c1-3-18(2)23-9-7-20(16-24(23)27)19-8-10-25-21(15-19)17-29-26(30-25)11-13-28(14-12-26)22-5-4-6-22/h7-10,15-16,18,22H,3-6,11-14,17H2,1-2H3. The van der Waals surface area contributed by atoms with E-state index in [4.69, 9.17) is 9.47 Å². The van der Waals surface area contributed by atoms with Gasteiger partial charge in [-0.1, -0.05) is 38.5 Å². The van der Waals surface area contributed by atoms with Gasteiger partial charge in [0.25, 0.3) is 0 Å². The summed E-state index contributed by atoms with van der Waals surface area (Å²) in [6, 6.07) is 12.6. The molecule has 4 heteroatoms. The highest BCUT2D eigenvalue weighted by Gasteiger charge is 2.42. The van der Waals surface area contributed by atoms with Crippen molar-refractivity contribution < 1.29 is 13.9 Å². The van der Waals surface area contributed by atoms with Crippen LogP contribution >= 0.6 is 0 Å². The van der Waals surface area contributed by atoms with Gasteiger partial charge in [0.05, 0.1) is 6.61 Å². The number of rotatable bonds is 4. The maximum atomic E-state index is 14.6. The topological polar surface area (TPSA) is 21.7 Å². The van der Waals surface area contributed by atoms with Gasteiger partial charge in [-0.3, -0.25) is 4.90 Å². The number of hydrogen-bond acceptors (Lipinski definition) is 3. The molecule has 0 bridgehead atoms. The van der Waals surface area contributed by atoms with E-state index in [-0.39, 0.29) is 11.7 Å². The Kier molecular flexibility index (Phi) is 5.32. The monoisotopic (exact) mass is 409 g/mol. The molecule has 1 aliphatic carbocycles. The second kappa shape index (κ2) is 7.97. The van der Waals surface area contributed by atoms with Crippen LogP contribution in [0.15, 0.2) is 36.4 Å². The van der Waals surface area contributed by atoms with Crippen LogP contribution in [-0.2, 0) is 11.3 Å². The zero-order valence-electron chi connectivity index (χ0n) is 18.1. The zero-order valence-corrected chi connectivity index (χ0v) is 18.1. The van der Waals surface area contributed by atoms with Gasteiger partial charge in [0, 0.05) is 37.5 Å². The van der Waals surface area contributed by atoms with Crippen LogP contribution in [-0.4, -0.2) is 29.8 Å². The van der Waals surface area contributed by atoms with Crippen molar-refractivity contribution in [2.75, 3.05) is 13.1 Å². The Balaban J connectivity index is 1.31. The number of hydrogen-bond donors (Lipinski definition) is 0. The maximum Gasteiger partial charge on any atom is 0.213 e. The number of fused-ring (bicyclic) bond motifs is 1. The van der Waals surface area contributed by atoms with E-state index >= 15 is 0 Å². The summed E-state index contributed by atoms with van der Waals surface area (Å²) < 4.78 is 27.3. The zero-order chi connectivity index (χ0) is 20.7. The van der Waals surface area contributed by atoms with Crippen LogP contribution in [0.1, 0.15) is 69.4 Å². The molecule has 1 atom stereocenters. The van der Waals surface area contributed by atoms with Crippen LogP contribution in [0.4, 0.5) is 4.39 Å². The van der Waals surface area contributed by atoms with Crippen molar-refractivity contribution in [3.8, 4) is 16.9 Å². The lowest BCUT2D eigenvalue weighted by Crippen LogP contribution is -2.54. The fourth-order valence-electron chi connectivity index (χ4n) is 4.96. The smallest absolute Gasteiger partial charge is 0.213 e. The second-order valence-electron chi connectivity index (χ2n) is 9.29. The van der Waals surface area contributed by atoms with Crippen molar-refractivity contribution in [1.29, 1.82) is 0 Å². The SMILES string of the molecule is CCC(C)c1ccc(-c2ccc3c(c2)COC2(CCN(C4CCC4)CC2)O3)cc1F. The molecule has 2 heterocycles. The van der Waals surface area contributed by atoms with Crippen molar-refractivity contribution in [2.24, 2.45) is 0 Å². The summed E-state index contributed by atoms with van der Waals surface area (Å²) in [5.74, 6) is 0.554. The summed E-state index contributed by atoms with van der Waals surface area (Å²) in [5, 5.41) is 0. The average molecular weight is 410 g/mol. The lowest BCUT2D eigenvalue weighted by Gasteiger charge is -2.47. The molecule has 5 rings (SSSR count). The van der Waals surface area contributed by atoms with Gasteiger partial charge in [-0.05, 0) is 60.1 Å². The van der Waals surface area contributed by atoms with Crippen molar-refractivity contribution in [3.63, 3.8) is 0 Å². The lowest BCUT2D eigenvalue weighted by molar-refractivity contribution is -0.231. The van der Waals surface area contributed by atoms with Gasteiger partial charge in [-0.2, -0.15) is 0 Å². The van der Waals surface area contributed by atoms with Crippen molar-refractivity contribution in [2.45, 2.75) is 76.7 Å². The van der Waals surface area contributed by atoms with Crippen molar-refractivity contribution in [3.05, 3.63) is 53.3 Å². The van der Waals surface area contributed by atoms with Crippen LogP contribution in [0.3, 0.4) is 0 Å². The van der Waals surface area contributed by atoms with Gasteiger partial charge in [-0.25, -0.2) is 4.39 Å². The predicted octanol–water partition coefficient (Wildman–Crippen LogP) is 6.26. The first-order chi connectivity index (χ1) is 14.6. The normalized spacial score (nSPS) is 22.2. The van der Waals surface area contributed by atoms with Crippen LogP contribution < -0.4 is 4.74 Å². The molecule has 3 nitrogen and oxygen atoms in total. The summed E-state index contributed by atoms with van der Waals surface area (Å²) in [6.45, 7) is 6.82. The first-order valence-electron chi connectivity index (χ1n) is 11.6. The van der Waals surface area contributed by atoms with Gasteiger partial charge in [0.1, 0.15) is 11.6 Å². The average Bonchev–Trinajstić information content (AvgIpc) is 2.73. The Bertz CT molecular complexity index is 915. The molecule has 1 saturated carbocycles. The number of benzene rings is 2. The largest absolute Gasteiger partial charge is 0.462 e. The fourth-order valence-corrected chi connectivity index (χ4v) is 4.96. The van der Waals surface area contributed by atoms with Crippen molar-refractivity contribution in [1.82, 2.24) is 4.90 Å². The first-order valence-corrected chi connectivity index (χ1v) is 11.6. The molecule has 2 aliphatic heterocycles. The van der Waals surface area contributed by atoms with Crippen molar-refractivity contribution >= 4 is 0 Å². The number of halogens is 1. The Morgan fingerprint density at radius 3 is 2.50 bits per heavy atom. The summed E-state index contributed by atoms with van der Waals surface area (Å²) >= 11 is 0. The molecule has 3 aliphatic rings. The Hall–Kier alpha value is -1.91. The van der Waals surface area contributed by atoms with Crippen LogP contribution in [0.5, 0.6) is 5.75 Å². The molecule has 2 aromatic rings. The molecule has 2 aromatic carbocycles. The minimum absolute atomic E-state index is 0.121. The Morgan fingerprint density at radius 2 is 1.83 bits per heavy atom. The minimum Gasteiger partial charge on any atom is -0.462 e. The van der Waals surface area contributed by atoms with E-state index in [2.05, 4.69) is 24.8 Å². The molecule has 1 spiro atoms. The predicted molar refractivity (Wildman–Crippen MR) is 117 cm³/mol. The second-order valence-corrected chi connectivity index (χ2v) is 9.29. The highest BCUT2D eigenvalue weighted by atomic mass is 19.1. The van der Waals surface area contributed by atoms with Crippen LogP contribution in [0.25, 0.3) is 11.1 Å². The van der Waals surface area contributed by atoms with E-state index in [9.17, 15) is 4.39 Å². The van der Waals surface area contributed by atoms with E-state index in [0.29, 0.717) is 6.61 Å². The molecular weight excluding hydrogens is 377 g/mol. The van der Waals surface area contributed by atoms with Gasteiger partial charge < -0.3 is 9.47 Å². The molecule has 0 amide bonds. The molecule has 2 fully saturated rings. The Labute approximate surface area is 179 Å². The highest BCUT2D eigenvalue weighted by Crippen LogP contribution is 2.40. The molecule has 160 valence electrons.